The van der Waals surface area contributed by atoms with Crippen molar-refractivity contribution < 1.29 is 22.7 Å². The van der Waals surface area contributed by atoms with Gasteiger partial charge in [0.1, 0.15) is 6.61 Å². The molecule has 1 unspecified atom stereocenters. The van der Waals surface area contributed by atoms with Crippen molar-refractivity contribution >= 4 is 15.7 Å². The standard InChI is InChI=1S/C22H27NO5S/c1-27-20-10-8-17(14-21(20)28-16-18-6-4-3-5-7-18)9-11-22(24)23-13-12-19(15-23)29(2,25)26/h3-8,10,14,19H,9,11-13,15-16H2,1-2H3. The lowest BCUT2D eigenvalue weighted by molar-refractivity contribution is -0.130. The molecule has 1 saturated heterocycles. The zero-order valence-corrected chi connectivity index (χ0v) is 17.7. The SMILES string of the molecule is COc1ccc(CCC(=O)N2CCC(S(C)(=O)=O)C2)cc1OCc1ccccc1. The average molecular weight is 418 g/mol. The number of ether oxygens (including phenoxy) is 2. The molecule has 0 spiro atoms. The largest absolute Gasteiger partial charge is 0.493 e. The van der Waals surface area contributed by atoms with Gasteiger partial charge in [0.15, 0.2) is 21.3 Å². The molecule has 0 aromatic heterocycles. The van der Waals surface area contributed by atoms with E-state index in [1.165, 1.54) is 6.26 Å². The second-order valence-electron chi connectivity index (χ2n) is 7.34. The van der Waals surface area contributed by atoms with Crippen LogP contribution in [0.3, 0.4) is 0 Å². The van der Waals surface area contributed by atoms with Crippen LogP contribution in [0.2, 0.25) is 0 Å². The number of sulfone groups is 1. The van der Waals surface area contributed by atoms with Crippen molar-refractivity contribution in [1.82, 2.24) is 4.90 Å². The van der Waals surface area contributed by atoms with E-state index in [0.717, 1.165) is 11.1 Å². The first-order chi connectivity index (χ1) is 13.9. The van der Waals surface area contributed by atoms with Gasteiger partial charge < -0.3 is 14.4 Å². The molecule has 29 heavy (non-hydrogen) atoms. The van der Waals surface area contributed by atoms with Crippen LogP contribution in [0.1, 0.15) is 24.0 Å². The van der Waals surface area contributed by atoms with Crippen molar-refractivity contribution in [3.05, 3.63) is 59.7 Å². The zero-order valence-electron chi connectivity index (χ0n) is 16.8. The molecule has 0 N–H and O–H groups in total. The number of nitrogens with zero attached hydrogens (tertiary/aromatic N) is 1. The number of carbonyl (C=O) groups is 1. The molecule has 1 atom stereocenters. The summed E-state index contributed by atoms with van der Waals surface area (Å²) < 4.78 is 34.7. The molecule has 6 nitrogen and oxygen atoms in total. The molecule has 0 radical (unpaired) electrons. The van der Waals surface area contributed by atoms with Crippen molar-refractivity contribution in [3.8, 4) is 11.5 Å². The molecule has 2 aromatic rings. The van der Waals surface area contributed by atoms with Crippen LogP contribution in [0.25, 0.3) is 0 Å². The van der Waals surface area contributed by atoms with Crippen molar-refractivity contribution in [2.75, 3.05) is 26.5 Å². The van der Waals surface area contributed by atoms with Gasteiger partial charge in [-0.3, -0.25) is 4.79 Å². The van der Waals surface area contributed by atoms with Crippen molar-refractivity contribution in [3.63, 3.8) is 0 Å². The molecule has 1 amide bonds. The highest BCUT2D eigenvalue weighted by molar-refractivity contribution is 7.91. The number of rotatable bonds is 8. The Hall–Kier alpha value is -2.54. The Morgan fingerprint density at radius 1 is 1.10 bits per heavy atom. The topological polar surface area (TPSA) is 72.9 Å². The van der Waals surface area contributed by atoms with E-state index in [2.05, 4.69) is 0 Å². The maximum Gasteiger partial charge on any atom is 0.222 e. The Morgan fingerprint density at radius 3 is 2.52 bits per heavy atom. The number of methoxy groups -OCH3 is 1. The van der Waals surface area contributed by atoms with Crippen LogP contribution in [0, 0.1) is 0 Å². The predicted molar refractivity (Wildman–Crippen MR) is 112 cm³/mol. The number of amides is 1. The number of aryl methyl sites for hydroxylation is 1. The van der Waals surface area contributed by atoms with E-state index in [-0.39, 0.29) is 5.91 Å². The highest BCUT2D eigenvalue weighted by atomic mass is 32.2. The highest BCUT2D eigenvalue weighted by Gasteiger charge is 2.32. The average Bonchev–Trinajstić information content (AvgIpc) is 3.22. The second-order valence-corrected chi connectivity index (χ2v) is 9.67. The summed E-state index contributed by atoms with van der Waals surface area (Å²) in [5.74, 6) is 1.27. The molecule has 156 valence electrons. The van der Waals surface area contributed by atoms with E-state index in [0.29, 0.717) is 50.5 Å². The molecule has 0 bridgehead atoms. The van der Waals surface area contributed by atoms with Gasteiger partial charge in [-0.25, -0.2) is 8.42 Å². The molecule has 1 fully saturated rings. The number of likely N-dealkylation sites (tertiary alicyclic amines) is 1. The van der Waals surface area contributed by atoms with E-state index < -0.39 is 15.1 Å². The lowest BCUT2D eigenvalue weighted by Gasteiger charge is -2.16. The zero-order chi connectivity index (χ0) is 20.9. The fourth-order valence-electron chi connectivity index (χ4n) is 3.44. The van der Waals surface area contributed by atoms with Crippen LogP contribution in [-0.2, 0) is 27.7 Å². The van der Waals surface area contributed by atoms with Crippen molar-refractivity contribution in [1.29, 1.82) is 0 Å². The Kier molecular flexibility index (Phi) is 6.79. The van der Waals surface area contributed by atoms with Crippen LogP contribution < -0.4 is 9.47 Å². The quantitative estimate of drug-likeness (QED) is 0.660. The molecule has 7 heteroatoms. The van der Waals surface area contributed by atoms with Gasteiger partial charge in [-0.2, -0.15) is 0 Å². The number of hydrogen-bond acceptors (Lipinski definition) is 5. The van der Waals surface area contributed by atoms with E-state index >= 15 is 0 Å². The first kappa shape index (κ1) is 21.2. The van der Waals surface area contributed by atoms with Gasteiger partial charge in [-0.05, 0) is 36.1 Å². The van der Waals surface area contributed by atoms with Crippen LogP contribution in [0.4, 0.5) is 0 Å². The number of benzene rings is 2. The minimum atomic E-state index is -3.10. The summed E-state index contributed by atoms with van der Waals surface area (Å²) in [5.41, 5.74) is 2.03. The minimum Gasteiger partial charge on any atom is -0.493 e. The molecule has 1 aliphatic heterocycles. The maximum absolute atomic E-state index is 12.5. The Morgan fingerprint density at radius 2 is 1.86 bits per heavy atom. The van der Waals surface area contributed by atoms with Crippen molar-refractivity contribution in [2.24, 2.45) is 0 Å². The summed E-state index contributed by atoms with van der Waals surface area (Å²) in [7, 11) is -1.51. The monoisotopic (exact) mass is 417 g/mol. The van der Waals surface area contributed by atoms with Crippen LogP contribution in [-0.4, -0.2) is 50.9 Å². The molecular weight excluding hydrogens is 390 g/mol. The van der Waals surface area contributed by atoms with Gasteiger partial charge >= 0.3 is 0 Å². The van der Waals surface area contributed by atoms with Gasteiger partial charge in [0.2, 0.25) is 5.91 Å². The Labute approximate surface area is 172 Å². The smallest absolute Gasteiger partial charge is 0.222 e. The van der Waals surface area contributed by atoms with Gasteiger partial charge in [-0.1, -0.05) is 36.4 Å². The molecule has 0 saturated carbocycles. The van der Waals surface area contributed by atoms with Crippen LogP contribution in [0.15, 0.2) is 48.5 Å². The van der Waals surface area contributed by atoms with Crippen LogP contribution in [0.5, 0.6) is 11.5 Å². The number of hydrogen-bond donors (Lipinski definition) is 0. The first-order valence-electron chi connectivity index (χ1n) is 9.67. The lowest BCUT2D eigenvalue weighted by atomic mass is 10.1. The summed E-state index contributed by atoms with van der Waals surface area (Å²) in [6, 6.07) is 15.5. The highest BCUT2D eigenvalue weighted by Crippen LogP contribution is 2.29. The normalized spacial score (nSPS) is 16.6. The van der Waals surface area contributed by atoms with E-state index in [9.17, 15) is 13.2 Å². The van der Waals surface area contributed by atoms with Crippen LogP contribution >= 0.6 is 0 Å². The number of carbonyl (C=O) groups excluding carboxylic acids is 1. The van der Waals surface area contributed by atoms with Gasteiger partial charge in [0.25, 0.3) is 0 Å². The lowest BCUT2D eigenvalue weighted by Crippen LogP contribution is -2.31. The van der Waals surface area contributed by atoms with Crippen molar-refractivity contribution in [2.45, 2.75) is 31.1 Å². The molecule has 2 aromatic carbocycles. The van der Waals surface area contributed by atoms with E-state index in [4.69, 9.17) is 9.47 Å². The van der Waals surface area contributed by atoms with E-state index in [1.807, 2.05) is 48.5 Å². The maximum atomic E-state index is 12.5. The Balaban J connectivity index is 1.59. The molecule has 1 heterocycles. The van der Waals surface area contributed by atoms with Gasteiger partial charge in [-0.15, -0.1) is 0 Å². The molecule has 0 aliphatic carbocycles. The molecule has 1 aliphatic rings. The summed E-state index contributed by atoms with van der Waals surface area (Å²) >= 11 is 0. The third-order valence-electron chi connectivity index (χ3n) is 5.20. The first-order valence-corrected chi connectivity index (χ1v) is 11.6. The fourth-order valence-corrected chi connectivity index (χ4v) is 4.42. The summed E-state index contributed by atoms with van der Waals surface area (Å²) in [5, 5.41) is -0.439. The fraction of sp³-hybridized carbons (Fsp3) is 0.409. The minimum absolute atomic E-state index is 0.0151. The van der Waals surface area contributed by atoms with Gasteiger partial charge in [0.05, 0.1) is 12.4 Å². The predicted octanol–water partition coefficient (Wildman–Crippen LogP) is 2.85. The second kappa shape index (κ2) is 9.31. The van der Waals surface area contributed by atoms with E-state index in [1.54, 1.807) is 12.0 Å². The Bertz CT molecular complexity index is 943. The third-order valence-corrected chi connectivity index (χ3v) is 6.79. The molecule has 3 rings (SSSR count). The van der Waals surface area contributed by atoms with Gasteiger partial charge in [0, 0.05) is 25.8 Å². The summed E-state index contributed by atoms with van der Waals surface area (Å²) in [6.07, 6.45) is 2.65. The summed E-state index contributed by atoms with van der Waals surface area (Å²) in [6.45, 7) is 1.23. The summed E-state index contributed by atoms with van der Waals surface area (Å²) in [4.78, 5) is 14.1. The third kappa shape index (κ3) is 5.73. The molecular formula is C22H27NO5S.